The lowest BCUT2D eigenvalue weighted by molar-refractivity contribution is -0.121. The van der Waals surface area contributed by atoms with Crippen LogP contribution < -0.4 is 10.2 Å². The Bertz CT molecular complexity index is 935. The Kier molecular flexibility index (Phi) is 5.99. The Morgan fingerprint density at radius 1 is 1.13 bits per heavy atom. The van der Waals surface area contributed by atoms with Gasteiger partial charge in [0.15, 0.2) is 5.82 Å². The molecule has 0 bridgehead atoms. The number of halogens is 2. The van der Waals surface area contributed by atoms with Gasteiger partial charge in [-0.15, -0.1) is 0 Å². The molecule has 1 N–H and O–H groups in total. The van der Waals surface area contributed by atoms with Crippen molar-refractivity contribution in [3.63, 3.8) is 0 Å². The first-order chi connectivity index (χ1) is 14.4. The van der Waals surface area contributed by atoms with Crippen molar-refractivity contribution in [3.8, 4) is 11.1 Å². The van der Waals surface area contributed by atoms with E-state index in [0.717, 1.165) is 51.0 Å². The zero-order chi connectivity index (χ0) is 21.3. The van der Waals surface area contributed by atoms with Crippen LogP contribution in [0.2, 0.25) is 0 Å². The lowest BCUT2D eigenvalue weighted by Crippen LogP contribution is -2.38. The highest BCUT2D eigenvalue weighted by molar-refractivity contribution is 6.00. The van der Waals surface area contributed by atoms with Crippen molar-refractivity contribution in [2.75, 3.05) is 43.4 Å². The van der Waals surface area contributed by atoms with Gasteiger partial charge in [0.1, 0.15) is 11.6 Å². The molecular formula is C23H28F2N4O. The minimum absolute atomic E-state index is 0.0962. The van der Waals surface area contributed by atoms with E-state index in [4.69, 9.17) is 0 Å². The van der Waals surface area contributed by atoms with Gasteiger partial charge in [0.25, 0.3) is 0 Å². The molecule has 2 aliphatic rings. The van der Waals surface area contributed by atoms with Crippen molar-refractivity contribution >= 4 is 17.4 Å². The molecule has 1 aromatic carbocycles. The first kappa shape index (κ1) is 20.7. The molecule has 1 aromatic heterocycles. The first-order valence-electron chi connectivity index (χ1n) is 10.6. The van der Waals surface area contributed by atoms with Crippen molar-refractivity contribution in [2.24, 2.45) is 11.8 Å². The Hall–Kier alpha value is -2.54. The molecule has 1 unspecified atom stereocenters. The number of amides is 1. The van der Waals surface area contributed by atoms with Gasteiger partial charge in [0.05, 0.1) is 11.6 Å². The topological polar surface area (TPSA) is 48.5 Å². The van der Waals surface area contributed by atoms with Crippen molar-refractivity contribution in [2.45, 2.75) is 26.2 Å². The second kappa shape index (κ2) is 8.68. The second-order valence-corrected chi connectivity index (χ2v) is 8.61. The van der Waals surface area contributed by atoms with Crippen LogP contribution in [0.25, 0.3) is 11.1 Å². The first-order valence-corrected chi connectivity index (χ1v) is 10.6. The van der Waals surface area contributed by atoms with E-state index in [1.807, 2.05) is 7.05 Å². The van der Waals surface area contributed by atoms with Crippen LogP contribution in [-0.2, 0) is 4.79 Å². The molecule has 3 heterocycles. The van der Waals surface area contributed by atoms with Crippen LogP contribution in [-0.4, -0.2) is 49.0 Å². The molecule has 0 radical (unpaired) electrons. The zero-order valence-electron chi connectivity index (χ0n) is 17.5. The number of rotatable bonds is 4. The molecule has 160 valence electrons. The predicted molar refractivity (Wildman–Crippen MR) is 114 cm³/mol. The number of anilines is 2. The number of carbonyl (C=O) groups is 1. The van der Waals surface area contributed by atoms with E-state index in [9.17, 15) is 13.6 Å². The Morgan fingerprint density at radius 3 is 2.70 bits per heavy atom. The van der Waals surface area contributed by atoms with Gasteiger partial charge >= 0.3 is 0 Å². The number of nitrogens with one attached hydrogen (secondary N) is 1. The number of aromatic nitrogens is 1. The SMILES string of the molecule is C[C@H]1CCN(c2nccc(-c3cc(F)ccc3F)c2NC(=O)C2CCCN(C)C2)C1. The second-order valence-electron chi connectivity index (χ2n) is 8.61. The van der Waals surface area contributed by atoms with Gasteiger partial charge in [-0.2, -0.15) is 0 Å². The molecule has 0 spiro atoms. The molecule has 0 aliphatic carbocycles. The van der Waals surface area contributed by atoms with Gasteiger partial charge in [0, 0.05) is 37.0 Å². The van der Waals surface area contributed by atoms with Crippen LogP contribution in [0.3, 0.4) is 0 Å². The van der Waals surface area contributed by atoms with E-state index >= 15 is 0 Å². The summed E-state index contributed by atoms with van der Waals surface area (Å²) >= 11 is 0. The molecule has 2 aliphatic heterocycles. The van der Waals surface area contributed by atoms with Gasteiger partial charge in [-0.3, -0.25) is 4.79 Å². The molecule has 5 nitrogen and oxygen atoms in total. The van der Waals surface area contributed by atoms with E-state index in [1.165, 1.54) is 6.07 Å². The van der Waals surface area contributed by atoms with E-state index < -0.39 is 11.6 Å². The smallest absolute Gasteiger partial charge is 0.228 e. The number of piperidine rings is 1. The van der Waals surface area contributed by atoms with Crippen molar-refractivity contribution in [1.29, 1.82) is 0 Å². The molecule has 0 saturated carbocycles. The number of nitrogens with zero attached hydrogens (tertiary/aromatic N) is 3. The van der Waals surface area contributed by atoms with Crippen LogP contribution in [0, 0.1) is 23.5 Å². The average Bonchev–Trinajstić information content (AvgIpc) is 3.16. The standard InChI is InChI=1S/C23H28F2N4O/c1-15-8-11-29(13-15)22-21(27-23(30)16-4-3-10-28(2)14-16)18(7-9-26-22)19-12-17(24)5-6-20(19)25/h5-7,9,12,15-16H,3-4,8,10-11,13-14H2,1-2H3,(H,27,30)/t15-,16?/m0/s1. The fraction of sp³-hybridized carbons (Fsp3) is 0.478. The molecule has 2 aromatic rings. The maximum absolute atomic E-state index is 14.6. The number of likely N-dealkylation sites (tertiary alicyclic amines) is 1. The van der Waals surface area contributed by atoms with E-state index in [-0.39, 0.29) is 17.4 Å². The van der Waals surface area contributed by atoms with Crippen molar-refractivity contribution in [1.82, 2.24) is 9.88 Å². The third-order valence-electron chi connectivity index (χ3n) is 6.12. The molecule has 1 amide bonds. The minimum Gasteiger partial charge on any atom is -0.355 e. The normalized spacial score (nSPS) is 22.3. The predicted octanol–water partition coefficient (Wildman–Crippen LogP) is 4.15. The Morgan fingerprint density at radius 2 is 1.97 bits per heavy atom. The van der Waals surface area contributed by atoms with Crippen LogP contribution in [0.4, 0.5) is 20.3 Å². The fourth-order valence-corrected chi connectivity index (χ4v) is 4.48. The average molecular weight is 415 g/mol. The summed E-state index contributed by atoms with van der Waals surface area (Å²) in [4.78, 5) is 21.9. The van der Waals surface area contributed by atoms with Gasteiger partial charge in [0.2, 0.25) is 5.91 Å². The maximum atomic E-state index is 14.6. The highest BCUT2D eigenvalue weighted by Crippen LogP contribution is 2.38. The number of hydrogen-bond donors (Lipinski definition) is 1. The van der Waals surface area contributed by atoms with E-state index in [2.05, 4.69) is 27.0 Å². The summed E-state index contributed by atoms with van der Waals surface area (Å²) in [7, 11) is 2.01. The summed E-state index contributed by atoms with van der Waals surface area (Å²) < 4.78 is 28.6. The van der Waals surface area contributed by atoms with Crippen LogP contribution in [0.15, 0.2) is 30.5 Å². The molecule has 30 heavy (non-hydrogen) atoms. The van der Waals surface area contributed by atoms with Gasteiger partial charge in [-0.05, 0) is 63.0 Å². The summed E-state index contributed by atoms with van der Waals surface area (Å²) in [5.74, 6) is -0.155. The number of benzene rings is 1. The van der Waals surface area contributed by atoms with Crippen LogP contribution in [0.5, 0.6) is 0 Å². The van der Waals surface area contributed by atoms with Crippen LogP contribution >= 0.6 is 0 Å². The molecule has 2 fully saturated rings. The third kappa shape index (κ3) is 4.31. The van der Waals surface area contributed by atoms with Crippen LogP contribution in [0.1, 0.15) is 26.2 Å². The minimum atomic E-state index is -0.531. The monoisotopic (exact) mass is 414 g/mol. The summed E-state index contributed by atoms with van der Waals surface area (Å²) in [5, 5.41) is 3.05. The number of pyridine rings is 1. The number of hydrogen-bond acceptors (Lipinski definition) is 4. The molecule has 4 rings (SSSR count). The van der Waals surface area contributed by atoms with Crippen molar-refractivity contribution < 1.29 is 13.6 Å². The third-order valence-corrected chi connectivity index (χ3v) is 6.12. The van der Waals surface area contributed by atoms with Gasteiger partial charge in [-0.1, -0.05) is 6.92 Å². The highest BCUT2D eigenvalue weighted by Gasteiger charge is 2.29. The summed E-state index contributed by atoms with van der Waals surface area (Å²) in [6, 6.07) is 5.03. The Labute approximate surface area is 176 Å². The fourth-order valence-electron chi connectivity index (χ4n) is 4.48. The lowest BCUT2D eigenvalue weighted by Gasteiger charge is -2.30. The molecule has 2 atom stereocenters. The summed E-state index contributed by atoms with van der Waals surface area (Å²) in [6.07, 6.45) is 4.41. The van der Waals surface area contributed by atoms with E-state index in [1.54, 1.807) is 12.3 Å². The molecular weight excluding hydrogens is 386 g/mol. The summed E-state index contributed by atoms with van der Waals surface area (Å²) in [6.45, 7) is 5.47. The lowest BCUT2D eigenvalue weighted by atomic mass is 9.97. The van der Waals surface area contributed by atoms with E-state index in [0.29, 0.717) is 29.5 Å². The highest BCUT2D eigenvalue weighted by atomic mass is 19.1. The van der Waals surface area contributed by atoms with Gasteiger partial charge in [-0.25, -0.2) is 13.8 Å². The quantitative estimate of drug-likeness (QED) is 0.817. The largest absolute Gasteiger partial charge is 0.355 e. The van der Waals surface area contributed by atoms with Gasteiger partial charge < -0.3 is 15.1 Å². The van der Waals surface area contributed by atoms with Crippen molar-refractivity contribution in [3.05, 3.63) is 42.1 Å². The Balaban J connectivity index is 1.75. The summed E-state index contributed by atoms with van der Waals surface area (Å²) in [5.41, 5.74) is 1.05. The maximum Gasteiger partial charge on any atom is 0.228 e. The molecule has 7 heteroatoms. The zero-order valence-corrected chi connectivity index (χ0v) is 17.5. The number of carbonyl (C=O) groups excluding carboxylic acids is 1. The molecule has 2 saturated heterocycles.